The van der Waals surface area contributed by atoms with Crippen LogP contribution in [0.3, 0.4) is 0 Å². The van der Waals surface area contributed by atoms with Crippen LogP contribution in [-0.4, -0.2) is 61.5 Å². The van der Waals surface area contributed by atoms with Crippen molar-refractivity contribution in [2.24, 2.45) is 5.92 Å². The van der Waals surface area contributed by atoms with Crippen molar-refractivity contribution in [2.45, 2.75) is 36.5 Å². The second kappa shape index (κ2) is 7.45. The van der Waals surface area contributed by atoms with Crippen molar-refractivity contribution < 1.29 is 27.2 Å². The number of furan rings is 1. The van der Waals surface area contributed by atoms with Crippen molar-refractivity contribution in [2.75, 3.05) is 26.2 Å². The van der Waals surface area contributed by atoms with Crippen LogP contribution in [0, 0.1) is 5.92 Å². The molecular weight excluding hydrogens is 422 g/mol. The zero-order valence-electron chi connectivity index (χ0n) is 16.9. The second-order valence-electron chi connectivity index (χ2n) is 8.36. The van der Waals surface area contributed by atoms with E-state index in [0.29, 0.717) is 36.0 Å². The fraction of sp³-hybridized carbons (Fsp3) is 0.476. The molecule has 2 aromatic rings. The smallest absolute Gasteiger partial charge is 0.243 e. The largest absolute Gasteiger partial charge is 0.464 e. The summed E-state index contributed by atoms with van der Waals surface area (Å²) < 4.78 is 33.4. The van der Waals surface area contributed by atoms with Crippen molar-refractivity contribution in [3.8, 4) is 0 Å². The van der Waals surface area contributed by atoms with Gasteiger partial charge in [-0.15, -0.1) is 0 Å². The number of sulfonamides is 1. The van der Waals surface area contributed by atoms with Crippen LogP contribution < -0.4 is 5.32 Å². The third-order valence-electron chi connectivity index (χ3n) is 6.30. The number of piperazine rings is 1. The average molecular weight is 445 g/mol. The number of hydrogen-bond donors (Lipinski definition) is 1. The number of carbonyl (C=O) groups is 3. The summed E-state index contributed by atoms with van der Waals surface area (Å²) >= 11 is 0. The maximum absolute atomic E-state index is 13.2. The first-order valence-electron chi connectivity index (χ1n) is 10.5. The Balaban J connectivity index is 1.39. The van der Waals surface area contributed by atoms with Crippen LogP contribution in [0.15, 0.2) is 33.8 Å². The minimum Gasteiger partial charge on any atom is -0.464 e. The lowest BCUT2D eigenvalue weighted by Crippen LogP contribution is -2.50. The number of rotatable bonds is 4. The van der Waals surface area contributed by atoms with Gasteiger partial charge in [-0.3, -0.25) is 19.7 Å². The molecule has 5 rings (SSSR count). The molecule has 3 fully saturated rings. The summed E-state index contributed by atoms with van der Waals surface area (Å²) in [6.45, 7) is 1.29. The summed E-state index contributed by atoms with van der Waals surface area (Å²) in [5, 5.41) is 2.88. The van der Waals surface area contributed by atoms with Crippen LogP contribution in [-0.2, 0) is 24.4 Å². The molecule has 1 N–H and O–H groups in total. The first-order valence-corrected chi connectivity index (χ1v) is 11.9. The van der Waals surface area contributed by atoms with E-state index < -0.39 is 21.8 Å². The maximum atomic E-state index is 13.2. The predicted molar refractivity (Wildman–Crippen MR) is 109 cm³/mol. The van der Waals surface area contributed by atoms with Crippen LogP contribution in [0.4, 0.5) is 0 Å². The molecule has 0 radical (unpaired) electrons. The van der Waals surface area contributed by atoms with Gasteiger partial charge in [0.2, 0.25) is 27.7 Å². The molecule has 2 aliphatic heterocycles. The van der Waals surface area contributed by atoms with Gasteiger partial charge < -0.3 is 9.32 Å². The Kier molecular flexibility index (Phi) is 4.86. The van der Waals surface area contributed by atoms with Gasteiger partial charge >= 0.3 is 0 Å². The predicted octanol–water partition coefficient (Wildman–Crippen LogP) is 1.20. The van der Waals surface area contributed by atoms with Crippen molar-refractivity contribution >= 4 is 38.7 Å². The van der Waals surface area contributed by atoms with E-state index in [-0.39, 0.29) is 42.1 Å². The second-order valence-corrected chi connectivity index (χ2v) is 10.3. The number of nitrogens with zero attached hydrogens (tertiary/aromatic N) is 2. The fourth-order valence-corrected chi connectivity index (χ4v) is 5.78. The minimum atomic E-state index is -3.76. The molecule has 3 amide bonds. The topological polar surface area (TPSA) is 117 Å². The average Bonchev–Trinajstić information content (AvgIpc) is 3.53. The molecule has 9 nitrogen and oxygen atoms in total. The summed E-state index contributed by atoms with van der Waals surface area (Å²) in [5.41, 5.74) is 1.07. The van der Waals surface area contributed by atoms with E-state index >= 15 is 0 Å². The van der Waals surface area contributed by atoms with E-state index in [1.807, 2.05) is 0 Å². The highest BCUT2D eigenvalue weighted by Crippen LogP contribution is 2.35. The van der Waals surface area contributed by atoms with Crippen LogP contribution in [0.2, 0.25) is 0 Å². The van der Waals surface area contributed by atoms with E-state index in [1.165, 1.54) is 22.7 Å². The molecule has 1 aromatic heterocycles. The molecule has 164 valence electrons. The number of amides is 3. The number of imide groups is 1. The third-order valence-corrected chi connectivity index (χ3v) is 8.20. The lowest BCUT2D eigenvalue weighted by Gasteiger charge is -2.34. The molecule has 1 atom stereocenters. The van der Waals surface area contributed by atoms with Crippen molar-refractivity contribution in [1.29, 1.82) is 0 Å². The highest BCUT2D eigenvalue weighted by molar-refractivity contribution is 7.89. The lowest BCUT2D eigenvalue weighted by atomic mass is 9.90. The number of hydrogen-bond acceptors (Lipinski definition) is 6. The van der Waals surface area contributed by atoms with Crippen LogP contribution >= 0.6 is 0 Å². The Hall–Kier alpha value is -2.72. The third kappa shape index (κ3) is 3.63. The number of benzene rings is 1. The fourth-order valence-electron chi connectivity index (χ4n) is 4.33. The molecule has 2 saturated heterocycles. The molecule has 1 unspecified atom stereocenters. The Bertz CT molecular complexity index is 1170. The van der Waals surface area contributed by atoms with Gasteiger partial charge in [0.1, 0.15) is 5.58 Å². The standard InChI is InChI=1S/C21H23N3O6S/c25-19-6-4-15(20(26)22-19)17-12-30-18-5-3-14(11-16(17)18)31(28,29)24-9-7-23(8-10-24)21(27)13-1-2-13/h3,5,11-13,15H,1-2,4,6-10H2,(H,22,25,26). The van der Waals surface area contributed by atoms with E-state index in [1.54, 1.807) is 11.0 Å². The molecule has 3 aliphatic rings. The van der Waals surface area contributed by atoms with E-state index in [0.717, 1.165) is 12.8 Å². The first-order chi connectivity index (χ1) is 14.8. The van der Waals surface area contributed by atoms with Crippen molar-refractivity contribution in [3.05, 3.63) is 30.0 Å². The zero-order valence-corrected chi connectivity index (χ0v) is 17.7. The molecule has 1 aliphatic carbocycles. The van der Waals surface area contributed by atoms with Gasteiger partial charge in [-0.25, -0.2) is 8.42 Å². The van der Waals surface area contributed by atoms with Gasteiger partial charge in [0.15, 0.2) is 0 Å². The van der Waals surface area contributed by atoms with Crippen LogP contribution in [0.5, 0.6) is 0 Å². The highest BCUT2D eigenvalue weighted by Gasteiger charge is 2.37. The van der Waals surface area contributed by atoms with Crippen molar-refractivity contribution in [3.63, 3.8) is 0 Å². The van der Waals surface area contributed by atoms with E-state index in [4.69, 9.17) is 4.42 Å². The Morgan fingerprint density at radius 1 is 1.06 bits per heavy atom. The zero-order chi connectivity index (χ0) is 21.8. The molecule has 0 spiro atoms. The maximum Gasteiger partial charge on any atom is 0.243 e. The van der Waals surface area contributed by atoms with Crippen LogP contribution in [0.1, 0.15) is 37.2 Å². The minimum absolute atomic E-state index is 0.122. The number of piperidine rings is 1. The molecular formula is C21H23N3O6S. The Morgan fingerprint density at radius 2 is 1.81 bits per heavy atom. The molecule has 31 heavy (non-hydrogen) atoms. The summed E-state index contributed by atoms with van der Waals surface area (Å²) in [7, 11) is -3.76. The Labute approximate surface area is 179 Å². The van der Waals surface area contributed by atoms with Gasteiger partial charge in [0, 0.05) is 49.5 Å². The van der Waals surface area contributed by atoms with Crippen molar-refractivity contribution in [1.82, 2.24) is 14.5 Å². The summed E-state index contributed by atoms with van der Waals surface area (Å²) in [6.07, 6.45) is 3.90. The van der Waals surface area contributed by atoms with Crippen LogP contribution in [0.25, 0.3) is 11.0 Å². The summed E-state index contributed by atoms with van der Waals surface area (Å²) in [5.74, 6) is -1.02. The van der Waals surface area contributed by atoms with Gasteiger partial charge in [-0.05, 0) is 37.5 Å². The van der Waals surface area contributed by atoms with E-state index in [2.05, 4.69) is 5.32 Å². The Morgan fingerprint density at radius 3 is 2.48 bits per heavy atom. The molecule has 10 heteroatoms. The molecule has 1 aromatic carbocycles. The number of carbonyl (C=O) groups excluding carboxylic acids is 3. The molecule has 1 saturated carbocycles. The number of nitrogens with one attached hydrogen (secondary N) is 1. The highest BCUT2D eigenvalue weighted by atomic mass is 32.2. The monoisotopic (exact) mass is 445 g/mol. The normalized spacial score (nSPS) is 23.2. The number of fused-ring (bicyclic) bond motifs is 1. The quantitative estimate of drug-likeness (QED) is 0.707. The van der Waals surface area contributed by atoms with Gasteiger partial charge in [0.25, 0.3) is 0 Å². The summed E-state index contributed by atoms with van der Waals surface area (Å²) in [4.78, 5) is 37.8. The molecule has 3 heterocycles. The SMILES string of the molecule is O=C1CCC(c2coc3ccc(S(=O)(=O)N4CCN(C(=O)C5CC5)CC4)cc23)C(=O)N1. The first kappa shape index (κ1) is 20.2. The van der Waals surface area contributed by atoms with Gasteiger partial charge in [-0.2, -0.15) is 4.31 Å². The van der Waals surface area contributed by atoms with E-state index in [9.17, 15) is 22.8 Å². The molecule has 0 bridgehead atoms. The van der Waals surface area contributed by atoms with Gasteiger partial charge in [0.05, 0.1) is 17.1 Å². The van der Waals surface area contributed by atoms with Gasteiger partial charge in [-0.1, -0.05) is 0 Å². The lowest BCUT2D eigenvalue weighted by molar-refractivity contribution is -0.135. The summed E-state index contributed by atoms with van der Waals surface area (Å²) in [6, 6.07) is 4.62.